The molecule has 1 spiro atoms. The summed E-state index contributed by atoms with van der Waals surface area (Å²) in [6.07, 6.45) is 4.91. The predicted octanol–water partition coefficient (Wildman–Crippen LogP) is 3.13. The highest BCUT2D eigenvalue weighted by Gasteiger charge is 2.64. The number of benzene rings is 1. The molecule has 0 saturated heterocycles. The number of methoxy groups -OCH3 is 2. The van der Waals surface area contributed by atoms with Gasteiger partial charge in [0.15, 0.2) is 0 Å². The Hall–Kier alpha value is -2.32. The first kappa shape index (κ1) is 20.0. The Labute approximate surface area is 171 Å². The van der Waals surface area contributed by atoms with Crippen LogP contribution in [0.2, 0.25) is 0 Å². The zero-order valence-corrected chi connectivity index (χ0v) is 17.5. The van der Waals surface area contributed by atoms with Gasteiger partial charge in [0.05, 0.1) is 24.8 Å². The van der Waals surface area contributed by atoms with Crippen molar-refractivity contribution in [3.8, 4) is 11.8 Å². The van der Waals surface area contributed by atoms with Crippen molar-refractivity contribution in [2.24, 2.45) is 16.5 Å². The van der Waals surface area contributed by atoms with Gasteiger partial charge in [0.25, 0.3) is 0 Å². The Morgan fingerprint density at radius 3 is 2.38 bits per heavy atom. The monoisotopic (exact) mass is 417 g/mol. The first-order chi connectivity index (χ1) is 13.9. The minimum absolute atomic E-state index is 0.158. The molecule has 0 radical (unpaired) electrons. The van der Waals surface area contributed by atoms with E-state index in [2.05, 4.69) is 10.3 Å². The number of primary sulfonamides is 1. The Morgan fingerprint density at radius 2 is 1.79 bits per heavy atom. The number of nitrogens with two attached hydrogens (primary N) is 1. The fourth-order valence-electron chi connectivity index (χ4n) is 5.09. The highest BCUT2D eigenvalue weighted by atomic mass is 32.2. The summed E-state index contributed by atoms with van der Waals surface area (Å²) in [4.78, 5) is 4.49. The Bertz CT molecular complexity index is 985. The molecule has 1 aromatic heterocycles. The number of ether oxygens (including phenoxy) is 2. The summed E-state index contributed by atoms with van der Waals surface area (Å²) in [6, 6.07) is 10.8. The number of pyridine rings is 1. The molecule has 29 heavy (non-hydrogen) atoms. The van der Waals surface area contributed by atoms with E-state index >= 15 is 0 Å². The fraction of sp³-hybridized carbons (Fsp3) is 0.476. The highest BCUT2D eigenvalue weighted by molar-refractivity contribution is 7.89. The van der Waals surface area contributed by atoms with E-state index in [0.717, 1.165) is 12.2 Å². The van der Waals surface area contributed by atoms with E-state index in [0.29, 0.717) is 29.0 Å². The molecule has 8 heteroatoms. The van der Waals surface area contributed by atoms with Gasteiger partial charge in [0.1, 0.15) is 0 Å². The van der Waals surface area contributed by atoms with Gasteiger partial charge < -0.3 is 14.8 Å². The molecular weight excluding hydrogens is 390 g/mol. The lowest BCUT2D eigenvalue weighted by atomic mass is 9.97. The number of nitrogens with one attached hydrogen (secondary N) is 1. The van der Waals surface area contributed by atoms with E-state index in [9.17, 15) is 8.42 Å². The maximum absolute atomic E-state index is 11.6. The smallest absolute Gasteiger partial charge is 0.240 e. The van der Waals surface area contributed by atoms with Crippen LogP contribution in [0.25, 0.3) is 0 Å². The van der Waals surface area contributed by atoms with Crippen molar-refractivity contribution >= 4 is 15.7 Å². The van der Waals surface area contributed by atoms with Crippen molar-refractivity contribution < 1.29 is 17.9 Å². The van der Waals surface area contributed by atoms with Crippen LogP contribution in [0.4, 0.5) is 5.69 Å². The van der Waals surface area contributed by atoms with Crippen molar-refractivity contribution in [1.82, 2.24) is 4.98 Å². The summed E-state index contributed by atoms with van der Waals surface area (Å²) in [6.45, 7) is 0.811. The summed E-state index contributed by atoms with van der Waals surface area (Å²) in [5.74, 6) is 1.93. The van der Waals surface area contributed by atoms with E-state index in [1.54, 1.807) is 26.4 Å². The molecule has 2 aliphatic carbocycles. The van der Waals surface area contributed by atoms with Gasteiger partial charge in [-0.3, -0.25) is 0 Å². The second kappa shape index (κ2) is 7.50. The zero-order valence-electron chi connectivity index (χ0n) is 16.7. The molecule has 2 unspecified atom stereocenters. The Balaban J connectivity index is 1.53. The number of hydrogen-bond acceptors (Lipinski definition) is 6. The average Bonchev–Trinajstić information content (AvgIpc) is 3.05. The van der Waals surface area contributed by atoms with Gasteiger partial charge >= 0.3 is 0 Å². The highest BCUT2D eigenvalue weighted by Crippen LogP contribution is 2.72. The van der Waals surface area contributed by atoms with Crippen LogP contribution in [0.5, 0.6) is 11.8 Å². The molecule has 0 aliphatic heterocycles. The Kier molecular flexibility index (Phi) is 5.16. The normalized spacial score (nSPS) is 22.4. The molecule has 2 atom stereocenters. The van der Waals surface area contributed by atoms with Crippen LogP contribution in [0.3, 0.4) is 0 Å². The first-order valence-corrected chi connectivity index (χ1v) is 11.4. The SMILES string of the molecule is COc1ccc(NCC2C(c3ccc(S(N)(=O)=O)cc3)C23CCCC3)c(OC)n1. The van der Waals surface area contributed by atoms with Crippen LogP contribution in [0, 0.1) is 11.3 Å². The minimum atomic E-state index is -3.67. The zero-order chi connectivity index (χ0) is 20.6. The summed E-state index contributed by atoms with van der Waals surface area (Å²) in [7, 11) is -0.495. The second-order valence-electron chi connectivity index (χ2n) is 7.93. The van der Waals surface area contributed by atoms with Crippen LogP contribution in [0.1, 0.15) is 37.2 Å². The summed E-state index contributed by atoms with van der Waals surface area (Å²) in [5.41, 5.74) is 2.33. The topological polar surface area (TPSA) is 104 Å². The standard InChI is InChI=1S/C21H27N3O4S/c1-27-18-10-9-17(20(24-18)28-2)23-13-16-19(21(16)11-3-4-12-21)14-5-7-15(8-6-14)29(22,25)26/h5-10,16,19,23H,3-4,11-13H2,1-2H3,(H2,22,25,26). The third kappa shape index (κ3) is 3.67. The van der Waals surface area contributed by atoms with E-state index in [4.69, 9.17) is 14.6 Å². The molecule has 2 aromatic rings. The van der Waals surface area contributed by atoms with Crippen LogP contribution in [-0.4, -0.2) is 34.2 Å². The van der Waals surface area contributed by atoms with Crippen molar-refractivity contribution in [2.45, 2.75) is 36.5 Å². The van der Waals surface area contributed by atoms with Gasteiger partial charge in [-0.15, -0.1) is 0 Å². The molecule has 2 saturated carbocycles. The molecule has 3 N–H and O–H groups in total. The van der Waals surface area contributed by atoms with Gasteiger partial charge in [-0.1, -0.05) is 25.0 Å². The lowest BCUT2D eigenvalue weighted by Gasteiger charge is -2.12. The van der Waals surface area contributed by atoms with Gasteiger partial charge in [0.2, 0.25) is 21.8 Å². The lowest BCUT2D eigenvalue weighted by molar-refractivity contribution is 0.365. The van der Waals surface area contributed by atoms with Gasteiger partial charge in [0, 0.05) is 12.6 Å². The van der Waals surface area contributed by atoms with E-state index < -0.39 is 10.0 Å². The first-order valence-electron chi connectivity index (χ1n) is 9.85. The number of hydrogen-bond donors (Lipinski definition) is 2. The van der Waals surface area contributed by atoms with Crippen LogP contribution >= 0.6 is 0 Å². The van der Waals surface area contributed by atoms with Crippen molar-refractivity contribution in [1.29, 1.82) is 0 Å². The van der Waals surface area contributed by atoms with Gasteiger partial charge in [-0.25, -0.2) is 13.6 Å². The maximum atomic E-state index is 11.6. The molecular formula is C21H27N3O4S. The van der Waals surface area contributed by atoms with E-state index in [1.807, 2.05) is 24.3 Å². The van der Waals surface area contributed by atoms with Crippen molar-refractivity contribution in [2.75, 3.05) is 26.1 Å². The van der Waals surface area contributed by atoms with Crippen LogP contribution < -0.4 is 19.9 Å². The number of aromatic nitrogens is 1. The second-order valence-corrected chi connectivity index (χ2v) is 9.49. The lowest BCUT2D eigenvalue weighted by Crippen LogP contribution is -2.12. The number of sulfonamides is 1. The summed E-state index contributed by atoms with van der Waals surface area (Å²) in [5, 5.41) is 8.74. The fourth-order valence-corrected chi connectivity index (χ4v) is 5.61. The summed E-state index contributed by atoms with van der Waals surface area (Å²) >= 11 is 0. The quantitative estimate of drug-likeness (QED) is 0.717. The maximum Gasteiger partial charge on any atom is 0.240 e. The van der Waals surface area contributed by atoms with Gasteiger partial charge in [-0.05, 0) is 53.9 Å². The van der Waals surface area contributed by atoms with Gasteiger partial charge in [-0.2, -0.15) is 4.98 Å². The molecule has 7 nitrogen and oxygen atoms in total. The number of rotatable bonds is 7. The van der Waals surface area contributed by atoms with E-state index in [1.165, 1.54) is 31.2 Å². The molecule has 2 fully saturated rings. The molecule has 156 valence electrons. The molecule has 0 bridgehead atoms. The van der Waals surface area contributed by atoms with Crippen LogP contribution in [0.15, 0.2) is 41.3 Å². The Morgan fingerprint density at radius 1 is 1.10 bits per heavy atom. The third-order valence-corrected chi connectivity index (χ3v) is 7.43. The summed E-state index contributed by atoms with van der Waals surface area (Å²) < 4.78 is 33.7. The van der Waals surface area contributed by atoms with Crippen molar-refractivity contribution in [3.05, 3.63) is 42.0 Å². The molecule has 0 amide bonds. The molecule has 1 aromatic carbocycles. The third-order valence-electron chi connectivity index (χ3n) is 6.50. The van der Waals surface area contributed by atoms with Crippen molar-refractivity contribution in [3.63, 3.8) is 0 Å². The van der Waals surface area contributed by atoms with E-state index in [-0.39, 0.29) is 4.90 Å². The predicted molar refractivity (Wildman–Crippen MR) is 111 cm³/mol. The number of nitrogens with zero attached hydrogens (tertiary/aromatic N) is 1. The largest absolute Gasteiger partial charge is 0.481 e. The number of anilines is 1. The molecule has 4 rings (SSSR count). The molecule has 2 aliphatic rings. The average molecular weight is 418 g/mol. The molecule has 1 heterocycles. The minimum Gasteiger partial charge on any atom is -0.481 e. The van der Waals surface area contributed by atoms with Crippen LogP contribution in [-0.2, 0) is 10.0 Å².